The number of nitrogens with one attached hydrogen (secondary N) is 1. The second-order valence-electron chi connectivity index (χ2n) is 20.7. The van der Waals surface area contributed by atoms with Gasteiger partial charge in [0, 0.05) is 12.8 Å². The first-order valence-corrected chi connectivity index (χ1v) is 30.3. The van der Waals surface area contributed by atoms with Gasteiger partial charge in [0.05, 0.1) is 25.4 Å². The molecule has 6 nitrogen and oxygen atoms in total. The Balaban J connectivity index is 3.45. The third-order valence-corrected chi connectivity index (χ3v) is 13.9. The Morgan fingerprint density at radius 3 is 1.06 bits per heavy atom. The number of aliphatic hydroxyl groups is 2. The van der Waals surface area contributed by atoms with E-state index in [4.69, 9.17) is 4.74 Å². The van der Waals surface area contributed by atoms with Gasteiger partial charge < -0.3 is 20.3 Å². The number of allylic oxidation sites excluding steroid dienone is 5. The molecule has 6 heteroatoms. The van der Waals surface area contributed by atoms with E-state index < -0.39 is 12.1 Å². The predicted octanol–water partition coefficient (Wildman–Crippen LogP) is 18.8. The Hall–Kier alpha value is -1.92. The van der Waals surface area contributed by atoms with Crippen molar-refractivity contribution >= 4 is 11.9 Å². The van der Waals surface area contributed by atoms with Crippen LogP contribution >= 0.6 is 0 Å². The van der Waals surface area contributed by atoms with Crippen LogP contribution in [0, 0.1) is 0 Å². The van der Waals surface area contributed by atoms with Crippen molar-refractivity contribution in [3.8, 4) is 0 Å². The maximum Gasteiger partial charge on any atom is 0.305 e. The Labute approximate surface area is 424 Å². The molecule has 0 aromatic carbocycles. The van der Waals surface area contributed by atoms with E-state index in [1.807, 2.05) is 6.08 Å². The number of hydrogen-bond donors (Lipinski definition) is 3. The molecule has 0 saturated heterocycles. The van der Waals surface area contributed by atoms with Gasteiger partial charge in [-0.3, -0.25) is 9.59 Å². The number of amides is 1. The van der Waals surface area contributed by atoms with Crippen LogP contribution in [0.25, 0.3) is 0 Å². The summed E-state index contributed by atoms with van der Waals surface area (Å²) in [6.45, 7) is 4.89. The summed E-state index contributed by atoms with van der Waals surface area (Å²) in [5, 5.41) is 23.1. The highest BCUT2D eigenvalue weighted by Crippen LogP contribution is 2.16. The van der Waals surface area contributed by atoms with Gasteiger partial charge in [-0.15, -0.1) is 0 Å². The Bertz CT molecular complexity index is 1100. The first-order chi connectivity index (χ1) is 33.5. The predicted molar refractivity (Wildman–Crippen MR) is 296 cm³/mol. The lowest BCUT2D eigenvalue weighted by Crippen LogP contribution is -2.45. The van der Waals surface area contributed by atoms with Gasteiger partial charge in [-0.2, -0.15) is 0 Å². The lowest BCUT2D eigenvalue weighted by atomic mass is 10.0. The van der Waals surface area contributed by atoms with E-state index in [0.717, 1.165) is 51.4 Å². The first kappa shape index (κ1) is 66.1. The molecule has 0 aliphatic heterocycles. The zero-order valence-electron chi connectivity index (χ0n) is 45.6. The van der Waals surface area contributed by atoms with Crippen molar-refractivity contribution < 1.29 is 24.5 Å². The van der Waals surface area contributed by atoms with Gasteiger partial charge in [-0.05, 0) is 83.5 Å². The second kappa shape index (κ2) is 57.7. The van der Waals surface area contributed by atoms with Crippen LogP contribution < -0.4 is 5.32 Å². The fourth-order valence-corrected chi connectivity index (χ4v) is 9.21. The molecule has 2 atom stereocenters. The average Bonchev–Trinajstić information content (AvgIpc) is 3.34. The Morgan fingerprint density at radius 2 is 0.691 bits per heavy atom. The SMILES string of the molecule is CCCCCC/C=C\CCCCCCCC(=O)OCCCCCCCCCCCCC/C=C\CCCCCCCCCC(=O)NC(CO)C(O)/C=C/CCCCCCCCCCCCCCCC. The van der Waals surface area contributed by atoms with Crippen LogP contribution in [0.5, 0.6) is 0 Å². The van der Waals surface area contributed by atoms with Crippen molar-refractivity contribution in [1.82, 2.24) is 5.32 Å². The van der Waals surface area contributed by atoms with E-state index in [-0.39, 0.29) is 18.5 Å². The molecule has 3 N–H and O–H groups in total. The van der Waals surface area contributed by atoms with Crippen LogP contribution in [0.15, 0.2) is 36.5 Å². The highest BCUT2D eigenvalue weighted by Gasteiger charge is 2.18. The minimum absolute atomic E-state index is 0.0000143. The van der Waals surface area contributed by atoms with E-state index in [1.165, 1.54) is 244 Å². The van der Waals surface area contributed by atoms with Crippen molar-refractivity contribution in [1.29, 1.82) is 0 Å². The molecule has 0 aliphatic carbocycles. The molecule has 0 heterocycles. The summed E-state index contributed by atoms with van der Waals surface area (Å²) in [4.78, 5) is 24.5. The molecule has 0 aromatic heterocycles. The minimum atomic E-state index is -0.849. The van der Waals surface area contributed by atoms with Gasteiger partial charge in [0.25, 0.3) is 0 Å². The number of unbranched alkanes of at least 4 members (excludes halogenated alkanes) is 41. The molecule has 68 heavy (non-hydrogen) atoms. The summed E-state index contributed by atoms with van der Waals surface area (Å²) in [6, 6.07) is -0.633. The summed E-state index contributed by atoms with van der Waals surface area (Å²) >= 11 is 0. The van der Waals surface area contributed by atoms with Crippen LogP contribution in [0.4, 0.5) is 0 Å². The summed E-state index contributed by atoms with van der Waals surface area (Å²) in [5.74, 6) is -0.0739. The molecule has 400 valence electrons. The van der Waals surface area contributed by atoms with E-state index >= 15 is 0 Å². The third-order valence-electron chi connectivity index (χ3n) is 13.9. The summed E-state index contributed by atoms with van der Waals surface area (Å²) in [6.07, 6.45) is 71.7. The van der Waals surface area contributed by atoms with Gasteiger partial charge in [-0.1, -0.05) is 262 Å². The van der Waals surface area contributed by atoms with Crippen LogP contribution in [-0.4, -0.2) is 47.4 Å². The van der Waals surface area contributed by atoms with Crippen molar-refractivity contribution in [3.05, 3.63) is 36.5 Å². The fourth-order valence-electron chi connectivity index (χ4n) is 9.21. The number of carbonyl (C=O) groups is 2. The maximum absolute atomic E-state index is 12.5. The fraction of sp³-hybridized carbons (Fsp3) is 0.871. The lowest BCUT2D eigenvalue weighted by Gasteiger charge is -2.20. The molecular weight excluding hydrogens is 839 g/mol. The third kappa shape index (κ3) is 53.4. The molecule has 0 aliphatic rings. The molecule has 0 fully saturated rings. The maximum atomic E-state index is 12.5. The normalized spacial score (nSPS) is 12.8. The molecule has 0 radical (unpaired) electrons. The molecule has 1 amide bonds. The van der Waals surface area contributed by atoms with Gasteiger partial charge in [0.15, 0.2) is 0 Å². The number of esters is 1. The highest BCUT2D eigenvalue weighted by atomic mass is 16.5. The second-order valence-corrected chi connectivity index (χ2v) is 20.7. The molecule has 0 rings (SSSR count). The summed E-state index contributed by atoms with van der Waals surface area (Å²) in [5.41, 5.74) is 0. The van der Waals surface area contributed by atoms with Crippen LogP contribution in [-0.2, 0) is 14.3 Å². The van der Waals surface area contributed by atoms with Gasteiger partial charge in [-0.25, -0.2) is 0 Å². The summed E-state index contributed by atoms with van der Waals surface area (Å²) in [7, 11) is 0. The highest BCUT2D eigenvalue weighted by molar-refractivity contribution is 5.76. The molecule has 0 spiro atoms. The van der Waals surface area contributed by atoms with Crippen molar-refractivity contribution in [2.24, 2.45) is 0 Å². The number of ether oxygens (including phenoxy) is 1. The molecule has 0 saturated carbocycles. The smallest absolute Gasteiger partial charge is 0.305 e. The Morgan fingerprint density at radius 1 is 0.397 bits per heavy atom. The average molecular weight is 957 g/mol. The van der Waals surface area contributed by atoms with E-state index in [9.17, 15) is 19.8 Å². The minimum Gasteiger partial charge on any atom is -0.466 e. The number of rotatable bonds is 56. The van der Waals surface area contributed by atoms with Gasteiger partial charge in [0.1, 0.15) is 0 Å². The Kier molecular flexibility index (Phi) is 56.0. The molecule has 0 aromatic rings. The molecular formula is C62H117NO5. The number of aliphatic hydroxyl groups excluding tert-OH is 2. The number of carbonyl (C=O) groups excluding carboxylic acids is 2. The van der Waals surface area contributed by atoms with Crippen LogP contribution in [0.3, 0.4) is 0 Å². The first-order valence-electron chi connectivity index (χ1n) is 30.3. The topological polar surface area (TPSA) is 95.9 Å². The zero-order chi connectivity index (χ0) is 49.3. The largest absolute Gasteiger partial charge is 0.466 e. The van der Waals surface area contributed by atoms with Crippen LogP contribution in [0.2, 0.25) is 0 Å². The molecule has 2 unspecified atom stereocenters. The van der Waals surface area contributed by atoms with Gasteiger partial charge >= 0.3 is 5.97 Å². The van der Waals surface area contributed by atoms with E-state index in [1.54, 1.807) is 6.08 Å². The van der Waals surface area contributed by atoms with Crippen LogP contribution in [0.1, 0.15) is 322 Å². The lowest BCUT2D eigenvalue weighted by molar-refractivity contribution is -0.143. The quantitative estimate of drug-likeness (QED) is 0.0321. The monoisotopic (exact) mass is 956 g/mol. The standard InChI is InChI=1S/C62H117NO5/c1-3-5-7-9-11-13-15-17-18-27-31-34-38-42-46-50-54-60(65)59(58-64)63-61(66)55-51-47-43-39-35-32-28-25-23-21-19-20-22-24-26-29-33-37-41-45-49-53-57-68-62(67)56-52-48-44-40-36-30-16-14-12-10-8-6-4-2/h14,16,21,23,50,54,59-60,64-65H,3-13,15,17-20,22,24-49,51-53,55-58H2,1-2H3,(H,63,66)/b16-14-,23-21-,54-50+. The molecule has 0 bridgehead atoms. The number of hydrogen-bond acceptors (Lipinski definition) is 5. The van der Waals surface area contributed by atoms with Crippen molar-refractivity contribution in [2.75, 3.05) is 13.2 Å². The van der Waals surface area contributed by atoms with Gasteiger partial charge in [0.2, 0.25) is 5.91 Å². The summed E-state index contributed by atoms with van der Waals surface area (Å²) < 4.78 is 5.47. The van der Waals surface area contributed by atoms with Crippen molar-refractivity contribution in [3.63, 3.8) is 0 Å². The van der Waals surface area contributed by atoms with Crippen molar-refractivity contribution in [2.45, 2.75) is 334 Å². The zero-order valence-corrected chi connectivity index (χ0v) is 45.6. The van der Waals surface area contributed by atoms with E-state index in [0.29, 0.717) is 19.4 Å². The van der Waals surface area contributed by atoms with E-state index in [2.05, 4.69) is 43.5 Å².